The largest absolute Gasteiger partial charge is 0.349 e. The number of rotatable bonds is 2. The van der Waals surface area contributed by atoms with Crippen LogP contribution < -0.4 is 0 Å². The molecule has 0 bridgehead atoms. The molecule has 3 heteroatoms. The highest BCUT2D eigenvalue weighted by Gasteiger charge is 2.35. The fourth-order valence-electron chi connectivity index (χ4n) is 3.47. The lowest BCUT2D eigenvalue weighted by molar-refractivity contribution is 0.0909. The second kappa shape index (κ2) is 4.41. The Morgan fingerprint density at radius 2 is 2.11 bits per heavy atom. The number of Topliss-reactive ketones (excluding diaryl/α,β-unsaturated/α-hetero) is 1. The summed E-state index contributed by atoms with van der Waals surface area (Å²) in [4.78, 5) is 12.2. The Labute approximate surface area is 120 Å². The van der Waals surface area contributed by atoms with Gasteiger partial charge in [-0.15, -0.1) is 0 Å². The van der Waals surface area contributed by atoms with Gasteiger partial charge in [-0.25, -0.2) is 0 Å². The fraction of sp³-hybridized carbons (Fsp3) is 0.688. The van der Waals surface area contributed by atoms with Gasteiger partial charge in [-0.05, 0) is 43.4 Å². The number of ketones is 1. The zero-order valence-electron chi connectivity index (χ0n) is 12.2. The molecule has 1 aliphatic carbocycles. The molecule has 0 aromatic carbocycles. The topological polar surface area (TPSA) is 22.0 Å². The molecule has 1 aromatic rings. The molecule has 1 atom stereocenters. The Morgan fingerprint density at radius 1 is 1.32 bits per heavy atom. The van der Waals surface area contributed by atoms with Gasteiger partial charge in [0.2, 0.25) is 0 Å². The molecule has 3 rings (SSSR count). The summed E-state index contributed by atoms with van der Waals surface area (Å²) in [5.74, 6) is 1.61. The quantitative estimate of drug-likeness (QED) is 0.817. The van der Waals surface area contributed by atoms with Gasteiger partial charge < -0.3 is 4.57 Å². The van der Waals surface area contributed by atoms with Gasteiger partial charge in [0, 0.05) is 35.2 Å². The van der Waals surface area contributed by atoms with Gasteiger partial charge in [-0.3, -0.25) is 4.79 Å². The number of thioether (sulfide) groups is 1. The highest BCUT2D eigenvalue weighted by Crippen LogP contribution is 2.41. The van der Waals surface area contributed by atoms with Crippen LogP contribution in [0.3, 0.4) is 0 Å². The Hall–Kier alpha value is -0.700. The minimum absolute atomic E-state index is 0.115. The molecule has 1 aliphatic heterocycles. The Kier molecular flexibility index (Phi) is 3.08. The lowest BCUT2D eigenvalue weighted by Gasteiger charge is -2.31. The minimum atomic E-state index is 0.115. The molecule has 0 N–H and O–H groups in total. The standard InChI is InChI=1S/C16H23NOS/c1-15(2)9-13-12(14(18)10-15)5-7-17(13)11-16(3)6-4-8-19-16/h5,7H,4,6,8-11H2,1-3H3. The summed E-state index contributed by atoms with van der Waals surface area (Å²) in [6.07, 6.45) is 6.48. The van der Waals surface area contributed by atoms with Crippen molar-refractivity contribution in [3.8, 4) is 0 Å². The smallest absolute Gasteiger partial charge is 0.165 e. The maximum absolute atomic E-state index is 12.2. The van der Waals surface area contributed by atoms with Crippen LogP contribution in [0.1, 0.15) is 56.1 Å². The number of carbonyl (C=O) groups is 1. The predicted octanol–water partition coefficient (Wildman–Crippen LogP) is 3.93. The lowest BCUT2D eigenvalue weighted by atomic mass is 9.76. The van der Waals surface area contributed by atoms with E-state index in [0.29, 0.717) is 17.0 Å². The van der Waals surface area contributed by atoms with Crippen LogP contribution in [-0.2, 0) is 13.0 Å². The minimum Gasteiger partial charge on any atom is -0.349 e. The molecule has 1 aromatic heterocycles. The van der Waals surface area contributed by atoms with Gasteiger partial charge in [-0.1, -0.05) is 13.8 Å². The molecule has 19 heavy (non-hydrogen) atoms. The zero-order chi connectivity index (χ0) is 13.7. The average molecular weight is 277 g/mol. The second-order valence-corrected chi connectivity index (χ2v) is 8.83. The molecule has 1 fully saturated rings. The van der Waals surface area contributed by atoms with Gasteiger partial charge in [0.05, 0.1) is 0 Å². The van der Waals surface area contributed by atoms with Gasteiger partial charge in [0.25, 0.3) is 0 Å². The summed E-state index contributed by atoms with van der Waals surface area (Å²) < 4.78 is 2.71. The van der Waals surface area contributed by atoms with E-state index in [1.807, 2.05) is 6.07 Å². The molecule has 0 radical (unpaired) electrons. The Morgan fingerprint density at radius 3 is 2.79 bits per heavy atom. The zero-order valence-corrected chi connectivity index (χ0v) is 13.0. The molecule has 0 amide bonds. The highest BCUT2D eigenvalue weighted by atomic mass is 32.2. The second-order valence-electron chi connectivity index (χ2n) is 7.15. The third-order valence-corrected chi connectivity index (χ3v) is 5.99. The number of aromatic nitrogens is 1. The number of nitrogens with zero attached hydrogens (tertiary/aromatic N) is 1. The number of fused-ring (bicyclic) bond motifs is 1. The highest BCUT2D eigenvalue weighted by molar-refractivity contribution is 8.00. The van der Waals surface area contributed by atoms with Crippen molar-refractivity contribution >= 4 is 17.5 Å². The van der Waals surface area contributed by atoms with Gasteiger partial charge in [0.15, 0.2) is 5.78 Å². The number of hydrogen-bond donors (Lipinski definition) is 0. The first-order valence-electron chi connectivity index (χ1n) is 7.24. The SMILES string of the molecule is CC1(C)CC(=O)c2ccn(CC3(C)CCCS3)c2C1. The van der Waals surface area contributed by atoms with Crippen molar-refractivity contribution < 1.29 is 4.79 Å². The maximum atomic E-state index is 12.2. The van der Waals surface area contributed by atoms with E-state index >= 15 is 0 Å². The van der Waals surface area contributed by atoms with E-state index in [1.54, 1.807) is 0 Å². The van der Waals surface area contributed by atoms with Crippen molar-refractivity contribution in [2.75, 3.05) is 5.75 Å². The molecule has 2 aliphatic rings. The number of hydrogen-bond acceptors (Lipinski definition) is 2. The Balaban J connectivity index is 1.90. The van der Waals surface area contributed by atoms with E-state index in [1.165, 1.54) is 24.3 Å². The molecule has 104 valence electrons. The van der Waals surface area contributed by atoms with Crippen molar-refractivity contribution in [2.45, 2.75) is 57.7 Å². The first-order valence-corrected chi connectivity index (χ1v) is 8.22. The van der Waals surface area contributed by atoms with E-state index in [-0.39, 0.29) is 5.41 Å². The van der Waals surface area contributed by atoms with E-state index in [2.05, 4.69) is 43.3 Å². The molecule has 2 nitrogen and oxygen atoms in total. The molecule has 0 spiro atoms. The lowest BCUT2D eigenvalue weighted by Crippen LogP contribution is -2.30. The van der Waals surface area contributed by atoms with Crippen LogP contribution in [0.5, 0.6) is 0 Å². The van der Waals surface area contributed by atoms with E-state index < -0.39 is 0 Å². The van der Waals surface area contributed by atoms with Crippen LogP contribution in [0, 0.1) is 5.41 Å². The summed E-state index contributed by atoms with van der Waals surface area (Å²) in [5.41, 5.74) is 2.37. The van der Waals surface area contributed by atoms with Crippen molar-refractivity contribution in [1.82, 2.24) is 4.57 Å². The normalized spacial score (nSPS) is 29.5. The Bertz CT molecular complexity index is 509. The van der Waals surface area contributed by atoms with Crippen LogP contribution >= 0.6 is 11.8 Å². The van der Waals surface area contributed by atoms with Gasteiger partial charge in [-0.2, -0.15) is 11.8 Å². The van der Waals surface area contributed by atoms with Crippen LogP contribution in [0.4, 0.5) is 0 Å². The summed E-state index contributed by atoms with van der Waals surface area (Å²) in [6.45, 7) is 7.83. The van der Waals surface area contributed by atoms with Crippen LogP contribution in [0.15, 0.2) is 12.3 Å². The van der Waals surface area contributed by atoms with Crippen LogP contribution in [0.2, 0.25) is 0 Å². The summed E-state index contributed by atoms with van der Waals surface area (Å²) in [6, 6.07) is 2.04. The first kappa shape index (κ1) is 13.3. The van der Waals surface area contributed by atoms with Gasteiger partial charge in [0.1, 0.15) is 0 Å². The average Bonchev–Trinajstić information content (AvgIpc) is 2.86. The third kappa shape index (κ3) is 2.49. The third-order valence-electron chi connectivity index (χ3n) is 4.47. The number of carbonyl (C=O) groups excluding carboxylic acids is 1. The summed E-state index contributed by atoms with van der Waals surface area (Å²) in [7, 11) is 0. The molecule has 2 heterocycles. The molecular formula is C16H23NOS. The van der Waals surface area contributed by atoms with Gasteiger partial charge >= 0.3 is 0 Å². The van der Waals surface area contributed by atoms with Crippen molar-refractivity contribution in [1.29, 1.82) is 0 Å². The van der Waals surface area contributed by atoms with Crippen molar-refractivity contribution in [2.24, 2.45) is 5.41 Å². The predicted molar refractivity (Wildman–Crippen MR) is 81.0 cm³/mol. The molecule has 0 saturated carbocycles. The molecular weight excluding hydrogens is 254 g/mol. The molecule has 1 saturated heterocycles. The van der Waals surface area contributed by atoms with Crippen molar-refractivity contribution in [3.63, 3.8) is 0 Å². The maximum Gasteiger partial charge on any atom is 0.165 e. The fourth-order valence-corrected chi connectivity index (χ4v) is 4.77. The van der Waals surface area contributed by atoms with Crippen LogP contribution in [-0.4, -0.2) is 20.9 Å². The summed E-state index contributed by atoms with van der Waals surface area (Å²) >= 11 is 2.09. The van der Waals surface area contributed by atoms with Crippen LogP contribution in [0.25, 0.3) is 0 Å². The molecule has 1 unspecified atom stereocenters. The van der Waals surface area contributed by atoms with E-state index in [9.17, 15) is 4.79 Å². The van der Waals surface area contributed by atoms with E-state index in [4.69, 9.17) is 0 Å². The first-order chi connectivity index (χ1) is 8.89. The summed E-state index contributed by atoms with van der Waals surface area (Å²) in [5, 5.41) is 0. The van der Waals surface area contributed by atoms with Crippen molar-refractivity contribution in [3.05, 3.63) is 23.5 Å². The monoisotopic (exact) mass is 277 g/mol. The van der Waals surface area contributed by atoms with E-state index in [0.717, 1.165) is 18.5 Å².